The highest BCUT2D eigenvalue weighted by atomic mass is 35.5. The Hall–Kier alpha value is -3.34. The molecule has 0 unspecified atom stereocenters. The number of hydrogen-bond acceptors (Lipinski definition) is 4. The van der Waals surface area contributed by atoms with Crippen LogP contribution in [0.4, 0.5) is 18.9 Å². The van der Waals surface area contributed by atoms with E-state index < -0.39 is 11.7 Å². The predicted octanol–water partition coefficient (Wildman–Crippen LogP) is 7.61. The van der Waals surface area contributed by atoms with Crippen LogP contribution in [0.2, 0.25) is 5.02 Å². The van der Waals surface area contributed by atoms with Crippen LogP contribution >= 0.6 is 22.9 Å². The van der Waals surface area contributed by atoms with Crippen LogP contribution in [-0.2, 0) is 6.18 Å². The molecule has 0 aliphatic heterocycles. The number of nitrogens with one attached hydrogen (secondary N) is 1. The number of halogens is 4. The Morgan fingerprint density at radius 1 is 1.06 bits per heavy atom. The Balaban J connectivity index is 1.63. The summed E-state index contributed by atoms with van der Waals surface area (Å²) in [5, 5.41) is 16.4. The molecule has 4 rings (SSSR count). The van der Waals surface area contributed by atoms with Crippen LogP contribution < -0.4 is 5.32 Å². The van der Waals surface area contributed by atoms with E-state index in [1.54, 1.807) is 0 Å². The van der Waals surface area contributed by atoms with Crippen molar-refractivity contribution >= 4 is 45.0 Å². The summed E-state index contributed by atoms with van der Waals surface area (Å²) in [4.78, 5) is 4.50. The lowest BCUT2D eigenvalue weighted by atomic mass is 10.1. The van der Waals surface area contributed by atoms with E-state index in [9.17, 15) is 18.4 Å². The average Bonchev–Trinajstić information content (AvgIpc) is 3.24. The summed E-state index contributed by atoms with van der Waals surface area (Å²) in [6.45, 7) is 0. The lowest BCUT2D eigenvalue weighted by Crippen LogP contribution is -2.08. The molecule has 31 heavy (non-hydrogen) atoms. The Kier molecular flexibility index (Phi) is 5.68. The lowest BCUT2D eigenvalue weighted by molar-refractivity contribution is -0.136. The molecule has 8 heteroatoms. The van der Waals surface area contributed by atoms with Gasteiger partial charge in [0.05, 0.1) is 16.9 Å². The molecule has 0 saturated heterocycles. The van der Waals surface area contributed by atoms with E-state index >= 15 is 0 Å². The first-order chi connectivity index (χ1) is 14.8. The summed E-state index contributed by atoms with van der Waals surface area (Å²) in [7, 11) is 0. The molecule has 4 aromatic rings. The third-order valence-corrected chi connectivity index (χ3v) is 5.67. The maximum atomic E-state index is 13.3. The Labute approximate surface area is 185 Å². The number of aromatic nitrogens is 1. The zero-order valence-corrected chi connectivity index (χ0v) is 17.3. The molecule has 0 saturated carbocycles. The van der Waals surface area contributed by atoms with Crippen LogP contribution in [0.15, 0.2) is 72.2 Å². The van der Waals surface area contributed by atoms with Crippen molar-refractivity contribution in [2.75, 3.05) is 5.32 Å². The van der Waals surface area contributed by atoms with Crippen molar-refractivity contribution in [1.29, 1.82) is 5.26 Å². The van der Waals surface area contributed by atoms with Crippen molar-refractivity contribution in [2.45, 2.75) is 6.18 Å². The molecular formula is C23H13ClF3N3S. The number of nitriles is 1. The summed E-state index contributed by atoms with van der Waals surface area (Å²) >= 11 is 6.95. The summed E-state index contributed by atoms with van der Waals surface area (Å²) in [5.41, 5.74) is 0.596. The molecule has 0 fully saturated rings. The van der Waals surface area contributed by atoms with Crippen LogP contribution in [0.3, 0.4) is 0 Å². The van der Waals surface area contributed by atoms with E-state index in [-0.39, 0.29) is 16.3 Å². The topological polar surface area (TPSA) is 48.7 Å². The molecule has 0 amide bonds. The van der Waals surface area contributed by atoms with Crippen LogP contribution in [0.1, 0.15) is 10.6 Å². The first-order valence-corrected chi connectivity index (χ1v) is 10.3. The number of alkyl halides is 3. The fourth-order valence-electron chi connectivity index (χ4n) is 3.05. The molecule has 0 aliphatic carbocycles. The minimum Gasteiger partial charge on any atom is -0.360 e. The maximum absolute atomic E-state index is 13.3. The van der Waals surface area contributed by atoms with Crippen molar-refractivity contribution in [3.05, 3.63) is 87.8 Å². The number of allylic oxidation sites excluding steroid dienone is 1. The number of hydrogen-bond donors (Lipinski definition) is 1. The lowest BCUT2D eigenvalue weighted by Gasteiger charge is -2.13. The summed E-state index contributed by atoms with van der Waals surface area (Å²) in [6, 6.07) is 19.3. The minimum absolute atomic E-state index is 0.0256. The standard InChI is InChI=1S/C23H13ClF3N3S/c24-18-7-8-20(19(10-18)23(25,26)27)29-12-17(11-28)22-30-21(13-31-22)16-6-5-14-3-1-2-4-15(14)9-16/h1-10,12-13,29H. The fraction of sp³-hybridized carbons (Fsp3) is 0.0435. The van der Waals surface area contributed by atoms with Gasteiger partial charge in [0.1, 0.15) is 16.6 Å². The third kappa shape index (κ3) is 4.55. The summed E-state index contributed by atoms with van der Waals surface area (Å²) in [5.74, 6) is 0. The third-order valence-electron chi connectivity index (χ3n) is 4.56. The van der Waals surface area contributed by atoms with Gasteiger partial charge in [0.15, 0.2) is 0 Å². The zero-order chi connectivity index (χ0) is 22.0. The largest absolute Gasteiger partial charge is 0.418 e. The van der Waals surface area contributed by atoms with Crippen LogP contribution in [0.5, 0.6) is 0 Å². The maximum Gasteiger partial charge on any atom is 0.418 e. The molecule has 0 spiro atoms. The van der Waals surface area contributed by atoms with Crippen molar-refractivity contribution in [1.82, 2.24) is 4.98 Å². The second kappa shape index (κ2) is 8.42. The van der Waals surface area contributed by atoms with Gasteiger partial charge in [-0.2, -0.15) is 18.4 Å². The zero-order valence-electron chi connectivity index (χ0n) is 15.7. The van der Waals surface area contributed by atoms with Gasteiger partial charge in [0.25, 0.3) is 0 Å². The van der Waals surface area contributed by atoms with E-state index in [1.807, 2.05) is 53.9 Å². The molecule has 154 valence electrons. The van der Waals surface area contributed by atoms with Crippen LogP contribution in [0.25, 0.3) is 27.6 Å². The number of anilines is 1. The normalized spacial score (nSPS) is 12.0. The Bertz CT molecular complexity index is 1340. The SMILES string of the molecule is N#CC(=CNc1ccc(Cl)cc1C(F)(F)F)c1nc(-c2ccc3ccccc3c2)cs1. The molecule has 3 nitrogen and oxygen atoms in total. The van der Waals surface area contributed by atoms with Gasteiger partial charge >= 0.3 is 6.18 Å². The summed E-state index contributed by atoms with van der Waals surface area (Å²) < 4.78 is 39.8. The van der Waals surface area contributed by atoms with Gasteiger partial charge in [0, 0.05) is 22.2 Å². The predicted molar refractivity (Wildman–Crippen MR) is 119 cm³/mol. The van der Waals surface area contributed by atoms with E-state index in [2.05, 4.69) is 10.3 Å². The molecule has 1 heterocycles. The molecule has 3 aromatic carbocycles. The van der Waals surface area contributed by atoms with Gasteiger partial charge < -0.3 is 5.32 Å². The van der Waals surface area contributed by atoms with Gasteiger partial charge in [-0.05, 0) is 35.0 Å². The monoisotopic (exact) mass is 455 g/mol. The molecule has 0 aliphatic rings. The van der Waals surface area contributed by atoms with E-state index in [0.717, 1.165) is 22.4 Å². The fourth-order valence-corrected chi connectivity index (χ4v) is 4.01. The number of fused-ring (bicyclic) bond motifs is 1. The van der Waals surface area contributed by atoms with Gasteiger partial charge in [0.2, 0.25) is 0 Å². The molecule has 0 bridgehead atoms. The van der Waals surface area contributed by atoms with Gasteiger partial charge in [-0.3, -0.25) is 0 Å². The van der Waals surface area contributed by atoms with Crippen LogP contribution in [0, 0.1) is 11.3 Å². The second-order valence-electron chi connectivity index (χ2n) is 6.60. The minimum atomic E-state index is -4.59. The average molecular weight is 456 g/mol. The van der Waals surface area contributed by atoms with E-state index in [1.165, 1.54) is 29.7 Å². The first-order valence-electron chi connectivity index (χ1n) is 9.04. The van der Waals surface area contributed by atoms with E-state index in [0.29, 0.717) is 10.7 Å². The van der Waals surface area contributed by atoms with Crippen molar-refractivity contribution in [3.8, 4) is 17.3 Å². The van der Waals surface area contributed by atoms with Crippen molar-refractivity contribution in [3.63, 3.8) is 0 Å². The highest BCUT2D eigenvalue weighted by Crippen LogP contribution is 2.37. The Morgan fingerprint density at radius 2 is 1.84 bits per heavy atom. The molecule has 1 N–H and O–H groups in total. The number of thiazole rings is 1. The van der Waals surface area contributed by atoms with Crippen molar-refractivity contribution in [2.24, 2.45) is 0 Å². The number of benzene rings is 3. The van der Waals surface area contributed by atoms with Gasteiger partial charge in [-0.25, -0.2) is 4.98 Å². The number of rotatable bonds is 4. The molecule has 1 aromatic heterocycles. The van der Waals surface area contributed by atoms with Gasteiger partial charge in [-0.1, -0.05) is 48.0 Å². The highest BCUT2D eigenvalue weighted by molar-refractivity contribution is 7.11. The number of nitrogens with zero attached hydrogens (tertiary/aromatic N) is 2. The molecule has 0 atom stereocenters. The first kappa shape index (κ1) is 20.9. The van der Waals surface area contributed by atoms with Crippen LogP contribution in [-0.4, -0.2) is 4.98 Å². The smallest absolute Gasteiger partial charge is 0.360 e. The molecular weight excluding hydrogens is 443 g/mol. The van der Waals surface area contributed by atoms with E-state index in [4.69, 9.17) is 11.6 Å². The van der Waals surface area contributed by atoms with Gasteiger partial charge in [-0.15, -0.1) is 11.3 Å². The second-order valence-corrected chi connectivity index (χ2v) is 7.90. The quantitative estimate of drug-likeness (QED) is 0.322. The van der Waals surface area contributed by atoms with Crippen molar-refractivity contribution < 1.29 is 13.2 Å². The highest BCUT2D eigenvalue weighted by Gasteiger charge is 2.33. The molecule has 0 radical (unpaired) electrons. The Morgan fingerprint density at radius 3 is 2.58 bits per heavy atom. The summed E-state index contributed by atoms with van der Waals surface area (Å²) in [6.07, 6.45) is -3.36.